The zero-order valence-corrected chi connectivity index (χ0v) is 13.3. The lowest BCUT2D eigenvalue weighted by atomic mass is 10.2. The van der Waals surface area contributed by atoms with Crippen LogP contribution in [0.25, 0.3) is 0 Å². The maximum atomic E-state index is 12.1. The van der Waals surface area contributed by atoms with Crippen LogP contribution in [0.2, 0.25) is 10.0 Å². The molecule has 2 rings (SSSR count). The fraction of sp³-hybridized carbons (Fsp3) is 0. The SMILES string of the molecule is N#C/C(=C/Nc1ccc(N)c(Cl)c1)C(=O)Nc1cccc(Cl)c1. The summed E-state index contributed by atoms with van der Waals surface area (Å²) in [6, 6.07) is 13.4. The molecule has 0 fully saturated rings. The second-order valence-electron chi connectivity index (χ2n) is 4.51. The summed E-state index contributed by atoms with van der Waals surface area (Å²) in [4.78, 5) is 12.1. The molecule has 2 aromatic rings. The van der Waals surface area contributed by atoms with Crippen LogP contribution in [-0.2, 0) is 4.79 Å². The first kappa shape index (κ1) is 16.7. The number of anilines is 3. The first-order valence-corrected chi connectivity index (χ1v) is 7.24. The van der Waals surface area contributed by atoms with Gasteiger partial charge in [-0.3, -0.25) is 4.79 Å². The summed E-state index contributed by atoms with van der Waals surface area (Å²) in [5.41, 5.74) is 7.06. The lowest BCUT2D eigenvalue weighted by Crippen LogP contribution is -2.14. The van der Waals surface area contributed by atoms with Crippen LogP contribution in [0, 0.1) is 11.3 Å². The molecule has 0 saturated carbocycles. The number of hydrogen-bond donors (Lipinski definition) is 3. The molecule has 0 saturated heterocycles. The van der Waals surface area contributed by atoms with Gasteiger partial charge in [0.1, 0.15) is 11.6 Å². The van der Waals surface area contributed by atoms with E-state index in [-0.39, 0.29) is 5.57 Å². The van der Waals surface area contributed by atoms with Gasteiger partial charge in [-0.25, -0.2) is 0 Å². The first-order chi connectivity index (χ1) is 11.0. The molecule has 0 unspecified atom stereocenters. The van der Waals surface area contributed by atoms with E-state index in [2.05, 4.69) is 10.6 Å². The number of amides is 1. The van der Waals surface area contributed by atoms with Gasteiger partial charge in [0.15, 0.2) is 0 Å². The highest BCUT2D eigenvalue weighted by molar-refractivity contribution is 6.33. The van der Waals surface area contributed by atoms with Crippen LogP contribution in [-0.4, -0.2) is 5.91 Å². The Hall–Kier alpha value is -2.68. The van der Waals surface area contributed by atoms with Crippen LogP contribution in [0.4, 0.5) is 17.1 Å². The van der Waals surface area contributed by atoms with Gasteiger partial charge in [0.25, 0.3) is 5.91 Å². The van der Waals surface area contributed by atoms with Gasteiger partial charge in [-0.2, -0.15) is 5.26 Å². The van der Waals surface area contributed by atoms with Crippen LogP contribution in [0.3, 0.4) is 0 Å². The molecule has 0 spiro atoms. The normalized spacial score (nSPS) is 10.7. The van der Waals surface area contributed by atoms with Crippen LogP contribution in [0.15, 0.2) is 54.2 Å². The molecule has 0 aliphatic carbocycles. The van der Waals surface area contributed by atoms with E-state index in [0.29, 0.717) is 27.1 Å². The standard InChI is InChI=1S/C16H12Cl2N4O/c17-11-2-1-3-13(6-11)22-16(23)10(8-19)9-21-12-4-5-15(20)14(18)7-12/h1-7,9,21H,20H2,(H,22,23)/b10-9-. The number of halogens is 2. The molecule has 7 heteroatoms. The highest BCUT2D eigenvalue weighted by Gasteiger charge is 2.09. The number of nitrogens with zero attached hydrogens (tertiary/aromatic N) is 1. The number of nitriles is 1. The minimum atomic E-state index is -0.552. The molecule has 4 N–H and O–H groups in total. The lowest BCUT2D eigenvalue weighted by molar-refractivity contribution is -0.112. The Morgan fingerprint density at radius 1 is 1.17 bits per heavy atom. The number of carbonyl (C=O) groups excluding carboxylic acids is 1. The first-order valence-electron chi connectivity index (χ1n) is 6.48. The maximum absolute atomic E-state index is 12.1. The molecule has 23 heavy (non-hydrogen) atoms. The molecule has 2 aromatic carbocycles. The minimum Gasteiger partial charge on any atom is -0.398 e. The number of benzene rings is 2. The van der Waals surface area contributed by atoms with E-state index >= 15 is 0 Å². The zero-order valence-electron chi connectivity index (χ0n) is 11.8. The van der Waals surface area contributed by atoms with Crippen LogP contribution in [0.5, 0.6) is 0 Å². The average Bonchev–Trinajstić information content (AvgIpc) is 2.51. The van der Waals surface area contributed by atoms with Crippen molar-refractivity contribution in [1.29, 1.82) is 5.26 Å². The Bertz CT molecular complexity index is 812. The van der Waals surface area contributed by atoms with E-state index < -0.39 is 5.91 Å². The molecule has 0 aliphatic rings. The summed E-state index contributed by atoms with van der Waals surface area (Å²) >= 11 is 11.7. The molecule has 0 atom stereocenters. The topological polar surface area (TPSA) is 90.9 Å². The van der Waals surface area contributed by atoms with Crippen molar-refractivity contribution in [2.45, 2.75) is 0 Å². The average molecular weight is 347 g/mol. The smallest absolute Gasteiger partial charge is 0.267 e. The van der Waals surface area contributed by atoms with Gasteiger partial charge in [0.2, 0.25) is 0 Å². The number of hydrogen-bond acceptors (Lipinski definition) is 4. The van der Waals surface area contributed by atoms with Crippen molar-refractivity contribution in [1.82, 2.24) is 0 Å². The molecule has 5 nitrogen and oxygen atoms in total. The molecule has 1 amide bonds. The van der Waals surface area contributed by atoms with Gasteiger partial charge in [-0.05, 0) is 36.4 Å². The Balaban J connectivity index is 2.10. The summed E-state index contributed by atoms with van der Waals surface area (Å²) in [7, 11) is 0. The quantitative estimate of drug-likeness (QED) is 0.442. The molecule has 0 radical (unpaired) electrons. The predicted molar refractivity (Wildman–Crippen MR) is 93.3 cm³/mol. The summed E-state index contributed by atoms with van der Waals surface area (Å²) in [5.74, 6) is -0.552. The molecule has 0 aromatic heterocycles. The van der Waals surface area contributed by atoms with Gasteiger partial charge < -0.3 is 16.4 Å². The summed E-state index contributed by atoms with van der Waals surface area (Å²) in [6.45, 7) is 0. The molecule has 0 bridgehead atoms. The molecule has 0 heterocycles. The van der Waals surface area contributed by atoms with Gasteiger partial charge in [-0.15, -0.1) is 0 Å². The lowest BCUT2D eigenvalue weighted by Gasteiger charge is -2.06. The molecule has 0 aliphatic heterocycles. The third-order valence-electron chi connectivity index (χ3n) is 2.83. The van der Waals surface area contributed by atoms with Crippen LogP contribution >= 0.6 is 23.2 Å². The second kappa shape index (κ2) is 7.54. The van der Waals surface area contributed by atoms with Crippen molar-refractivity contribution in [3.8, 4) is 6.07 Å². The van der Waals surface area contributed by atoms with E-state index in [1.807, 2.05) is 6.07 Å². The third-order valence-corrected chi connectivity index (χ3v) is 3.39. The second-order valence-corrected chi connectivity index (χ2v) is 5.36. The minimum absolute atomic E-state index is 0.0991. The van der Waals surface area contributed by atoms with Crippen LogP contribution < -0.4 is 16.4 Å². The van der Waals surface area contributed by atoms with E-state index in [1.54, 1.807) is 42.5 Å². The van der Waals surface area contributed by atoms with Crippen molar-refractivity contribution in [3.05, 3.63) is 64.3 Å². The molecule has 116 valence electrons. The van der Waals surface area contributed by atoms with E-state index in [1.165, 1.54) is 6.20 Å². The van der Waals surface area contributed by atoms with E-state index in [0.717, 1.165) is 0 Å². The highest BCUT2D eigenvalue weighted by atomic mass is 35.5. The highest BCUT2D eigenvalue weighted by Crippen LogP contribution is 2.22. The number of carbonyl (C=O) groups is 1. The van der Waals surface area contributed by atoms with Gasteiger partial charge in [-0.1, -0.05) is 29.3 Å². The van der Waals surface area contributed by atoms with Crippen molar-refractivity contribution in [3.63, 3.8) is 0 Å². The Kier molecular flexibility index (Phi) is 5.47. The Morgan fingerprint density at radius 2 is 1.96 bits per heavy atom. The van der Waals surface area contributed by atoms with Gasteiger partial charge in [0, 0.05) is 22.6 Å². The number of nitrogen functional groups attached to an aromatic ring is 1. The molecular formula is C16H12Cl2N4O. The predicted octanol–water partition coefficient (Wildman–Crippen LogP) is 4.03. The summed E-state index contributed by atoms with van der Waals surface area (Å²) in [5, 5.41) is 15.4. The number of rotatable bonds is 4. The van der Waals surface area contributed by atoms with Gasteiger partial charge >= 0.3 is 0 Å². The van der Waals surface area contributed by atoms with E-state index in [9.17, 15) is 4.79 Å². The van der Waals surface area contributed by atoms with Crippen molar-refractivity contribution in [2.75, 3.05) is 16.4 Å². The maximum Gasteiger partial charge on any atom is 0.267 e. The third kappa shape index (κ3) is 4.65. The Labute approximate surface area is 143 Å². The number of nitrogens with two attached hydrogens (primary N) is 1. The van der Waals surface area contributed by atoms with Crippen molar-refractivity contribution < 1.29 is 4.79 Å². The number of nitrogens with one attached hydrogen (secondary N) is 2. The fourth-order valence-corrected chi connectivity index (χ4v) is 2.06. The summed E-state index contributed by atoms with van der Waals surface area (Å²) < 4.78 is 0. The molecular weight excluding hydrogens is 335 g/mol. The fourth-order valence-electron chi connectivity index (χ4n) is 1.69. The van der Waals surface area contributed by atoms with Crippen molar-refractivity contribution in [2.24, 2.45) is 0 Å². The monoisotopic (exact) mass is 346 g/mol. The zero-order chi connectivity index (χ0) is 16.8. The van der Waals surface area contributed by atoms with Crippen molar-refractivity contribution >= 4 is 46.2 Å². The Morgan fingerprint density at radius 3 is 2.61 bits per heavy atom. The largest absolute Gasteiger partial charge is 0.398 e. The van der Waals surface area contributed by atoms with Crippen LogP contribution in [0.1, 0.15) is 0 Å². The van der Waals surface area contributed by atoms with Gasteiger partial charge in [0.05, 0.1) is 10.7 Å². The summed E-state index contributed by atoms with van der Waals surface area (Å²) in [6.07, 6.45) is 1.29. The van der Waals surface area contributed by atoms with E-state index in [4.69, 9.17) is 34.2 Å².